The van der Waals surface area contributed by atoms with Gasteiger partial charge in [0.2, 0.25) is 0 Å². The Morgan fingerprint density at radius 1 is 1.62 bits per heavy atom. The molecule has 0 aliphatic rings. The number of carboxylic acids is 1. The SMILES string of the molecule is CC(Cc1ccc2nc(N)sc2c1)C(=O)O. The van der Waals surface area contributed by atoms with E-state index in [4.69, 9.17) is 10.8 Å². The molecule has 5 heteroatoms. The lowest BCUT2D eigenvalue weighted by Gasteiger charge is -2.05. The normalized spacial score (nSPS) is 12.8. The Kier molecular flexibility index (Phi) is 2.78. The van der Waals surface area contributed by atoms with Gasteiger partial charge >= 0.3 is 5.97 Å². The summed E-state index contributed by atoms with van der Waals surface area (Å²) < 4.78 is 1.01. The molecule has 0 spiro atoms. The van der Waals surface area contributed by atoms with Crippen LogP contribution in [0.3, 0.4) is 0 Å². The molecule has 0 saturated heterocycles. The van der Waals surface area contributed by atoms with Crippen molar-refractivity contribution >= 4 is 32.7 Å². The van der Waals surface area contributed by atoms with Gasteiger partial charge in [-0.3, -0.25) is 4.79 Å². The van der Waals surface area contributed by atoms with E-state index < -0.39 is 5.97 Å². The topological polar surface area (TPSA) is 76.2 Å². The van der Waals surface area contributed by atoms with Crippen molar-refractivity contribution in [3.63, 3.8) is 0 Å². The van der Waals surface area contributed by atoms with Crippen LogP contribution in [0.15, 0.2) is 18.2 Å². The first kappa shape index (κ1) is 10.9. The van der Waals surface area contributed by atoms with E-state index in [1.165, 1.54) is 11.3 Å². The van der Waals surface area contributed by atoms with Crippen molar-refractivity contribution in [2.75, 3.05) is 5.73 Å². The Balaban J connectivity index is 2.28. The minimum atomic E-state index is -0.774. The minimum absolute atomic E-state index is 0.372. The minimum Gasteiger partial charge on any atom is -0.481 e. The molecule has 0 radical (unpaired) electrons. The van der Waals surface area contributed by atoms with Gasteiger partial charge in [-0.15, -0.1) is 0 Å². The highest BCUT2D eigenvalue weighted by Crippen LogP contribution is 2.25. The number of hydrogen-bond acceptors (Lipinski definition) is 4. The van der Waals surface area contributed by atoms with Crippen LogP contribution in [-0.4, -0.2) is 16.1 Å². The zero-order valence-electron chi connectivity index (χ0n) is 8.80. The molecule has 84 valence electrons. The first-order chi connectivity index (χ1) is 7.56. The molecule has 2 aromatic rings. The lowest BCUT2D eigenvalue weighted by atomic mass is 10.0. The molecule has 1 unspecified atom stereocenters. The molecule has 0 aliphatic carbocycles. The number of fused-ring (bicyclic) bond motifs is 1. The molecule has 0 saturated carbocycles. The number of aliphatic carboxylic acids is 1. The molecule has 1 aromatic heterocycles. The van der Waals surface area contributed by atoms with Crippen LogP contribution < -0.4 is 5.73 Å². The number of aromatic nitrogens is 1. The van der Waals surface area contributed by atoms with E-state index in [9.17, 15) is 4.79 Å². The molecule has 0 amide bonds. The fraction of sp³-hybridized carbons (Fsp3) is 0.273. The molecular formula is C11H12N2O2S. The fourth-order valence-electron chi connectivity index (χ4n) is 1.55. The van der Waals surface area contributed by atoms with Gasteiger partial charge in [-0.25, -0.2) is 4.98 Å². The maximum Gasteiger partial charge on any atom is 0.306 e. The third-order valence-corrected chi connectivity index (χ3v) is 3.28. The average Bonchev–Trinajstić information content (AvgIpc) is 2.57. The van der Waals surface area contributed by atoms with E-state index >= 15 is 0 Å². The summed E-state index contributed by atoms with van der Waals surface area (Å²) >= 11 is 1.42. The summed E-state index contributed by atoms with van der Waals surface area (Å²) in [6.07, 6.45) is 0.531. The van der Waals surface area contributed by atoms with Crippen molar-refractivity contribution in [1.29, 1.82) is 0 Å². The molecule has 16 heavy (non-hydrogen) atoms. The maximum atomic E-state index is 10.7. The summed E-state index contributed by atoms with van der Waals surface area (Å²) in [5, 5.41) is 9.37. The Labute approximate surface area is 96.7 Å². The zero-order chi connectivity index (χ0) is 11.7. The van der Waals surface area contributed by atoms with Crippen LogP contribution >= 0.6 is 11.3 Å². The molecular weight excluding hydrogens is 224 g/mol. The molecule has 0 fully saturated rings. The summed E-state index contributed by atoms with van der Waals surface area (Å²) in [6.45, 7) is 1.70. The number of thiazole rings is 1. The van der Waals surface area contributed by atoms with Gasteiger partial charge in [0, 0.05) is 0 Å². The van der Waals surface area contributed by atoms with Crippen molar-refractivity contribution in [3.05, 3.63) is 23.8 Å². The predicted molar refractivity (Wildman–Crippen MR) is 64.5 cm³/mol. The van der Waals surface area contributed by atoms with E-state index in [1.807, 2.05) is 18.2 Å². The van der Waals surface area contributed by atoms with E-state index in [-0.39, 0.29) is 5.92 Å². The predicted octanol–water partition coefficient (Wildman–Crippen LogP) is 2.14. The van der Waals surface area contributed by atoms with E-state index in [1.54, 1.807) is 6.92 Å². The third-order valence-electron chi connectivity index (χ3n) is 2.43. The first-order valence-corrected chi connectivity index (χ1v) is 5.75. The Hall–Kier alpha value is -1.62. The van der Waals surface area contributed by atoms with Gasteiger partial charge in [0.05, 0.1) is 16.1 Å². The summed E-state index contributed by atoms with van der Waals surface area (Å²) in [5.41, 5.74) is 7.48. The number of nitrogens with zero attached hydrogens (tertiary/aromatic N) is 1. The highest BCUT2D eigenvalue weighted by atomic mass is 32.1. The monoisotopic (exact) mass is 236 g/mol. The molecule has 0 bridgehead atoms. The van der Waals surface area contributed by atoms with Gasteiger partial charge in [0.1, 0.15) is 0 Å². The lowest BCUT2D eigenvalue weighted by Crippen LogP contribution is -2.12. The van der Waals surface area contributed by atoms with Gasteiger partial charge in [0.15, 0.2) is 5.13 Å². The number of anilines is 1. The summed E-state index contributed by atoms with van der Waals surface area (Å²) in [7, 11) is 0. The Morgan fingerprint density at radius 2 is 2.38 bits per heavy atom. The van der Waals surface area contributed by atoms with Gasteiger partial charge in [0.25, 0.3) is 0 Å². The van der Waals surface area contributed by atoms with Crippen molar-refractivity contribution in [2.45, 2.75) is 13.3 Å². The second kappa shape index (κ2) is 4.09. The summed E-state index contributed by atoms with van der Waals surface area (Å²) in [6, 6.07) is 5.75. The van der Waals surface area contributed by atoms with Gasteiger partial charge in [-0.1, -0.05) is 24.3 Å². The van der Waals surface area contributed by atoms with E-state index in [0.29, 0.717) is 11.6 Å². The number of rotatable bonds is 3. The second-order valence-electron chi connectivity index (χ2n) is 3.80. The Morgan fingerprint density at radius 3 is 3.06 bits per heavy atom. The van der Waals surface area contributed by atoms with E-state index in [2.05, 4.69) is 4.98 Å². The molecule has 1 atom stereocenters. The number of nitrogen functional groups attached to an aromatic ring is 1. The smallest absolute Gasteiger partial charge is 0.306 e. The third kappa shape index (κ3) is 2.14. The first-order valence-electron chi connectivity index (χ1n) is 4.94. The molecule has 2 rings (SSSR count). The van der Waals surface area contributed by atoms with Gasteiger partial charge in [-0.05, 0) is 24.1 Å². The molecule has 1 aromatic carbocycles. The zero-order valence-corrected chi connectivity index (χ0v) is 9.62. The molecule has 1 heterocycles. The van der Waals surface area contributed by atoms with Gasteiger partial charge < -0.3 is 10.8 Å². The van der Waals surface area contributed by atoms with Gasteiger partial charge in [-0.2, -0.15) is 0 Å². The number of benzene rings is 1. The van der Waals surface area contributed by atoms with Crippen LogP contribution in [-0.2, 0) is 11.2 Å². The summed E-state index contributed by atoms with van der Waals surface area (Å²) in [4.78, 5) is 14.9. The average molecular weight is 236 g/mol. The van der Waals surface area contributed by atoms with Crippen molar-refractivity contribution in [1.82, 2.24) is 4.98 Å². The van der Waals surface area contributed by atoms with Crippen LogP contribution in [0.2, 0.25) is 0 Å². The number of carbonyl (C=O) groups is 1. The van der Waals surface area contributed by atoms with Crippen LogP contribution in [0.4, 0.5) is 5.13 Å². The van der Waals surface area contributed by atoms with Crippen LogP contribution in [0.5, 0.6) is 0 Å². The quantitative estimate of drug-likeness (QED) is 0.856. The van der Waals surface area contributed by atoms with Crippen molar-refractivity contribution in [2.24, 2.45) is 5.92 Å². The van der Waals surface area contributed by atoms with Crippen LogP contribution in [0.25, 0.3) is 10.2 Å². The van der Waals surface area contributed by atoms with Crippen molar-refractivity contribution < 1.29 is 9.90 Å². The highest BCUT2D eigenvalue weighted by Gasteiger charge is 2.12. The largest absolute Gasteiger partial charge is 0.481 e. The van der Waals surface area contributed by atoms with E-state index in [0.717, 1.165) is 15.8 Å². The number of carboxylic acid groups (broad SMARTS) is 1. The lowest BCUT2D eigenvalue weighted by molar-refractivity contribution is -0.141. The Bertz CT molecular complexity index is 536. The number of hydrogen-bond donors (Lipinski definition) is 2. The molecule has 3 N–H and O–H groups in total. The fourth-order valence-corrected chi connectivity index (χ4v) is 2.35. The van der Waals surface area contributed by atoms with Crippen LogP contribution in [0, 0.1) is 5.92 Å². The van der Waals surface area contributed by atoms with Crippen LogP contribution in [0.1, 0.15) is 12.5 Å². The second-order valence-corrected chi connectivity index (χ2v) is 4.86. The number of nitrogens with two attached hydrogens (primary N) is 1. The highest BCUT2D eigenvalue weighted by molar-refractivity contribution is 7.22. The molecule has 4 nitrogen and oxygen atoms in total. The summed E-state index contributed by atoms with van der Waals surface area (Å²) in [5.74, 6) is -1.15. The molecule has 0 aliphatic heterocycles. The maximum absolute atomic E-state index is 10.7. The standard InChI is InChI=1S/C11H12N2O2S/c1-6(10(14)15)4-7-2-3-8-9(5-7)16-11(12)13-8/h2-3,5-6H,4H2,1H3,(H2,12,13)(H,14,15). The van der Waals surface area contributed by atoms with Crippen molar-refractivity contribution in [3.8, 4) is 0 Å².